The predicted molar refractivity (Wildman–Crippen MR) is 69.0 cm³/mol. The molecule has 0 heterocycles. The normalized spacial score (nSPS) is 10.3. The maximum Gasteiger partial charge on any atom is 0.221 e. The van der Waals surface area contributed by atoms with E-state index in [1.165, 1.54) is 6.07 Å². The second kappa shape index (κ2) is 8.42. The van der Waals surface area contributed by atoms with Crippen LogP contribution >= 0.6 is 0 Å². The van der Waals surface area contributed by atoms with E-state index in [1.54, 1.807) is 7.11 Å². The standard InChI is InChI=1S/C13H18F2N2O2/c1-19-9-3-7-16-12(18)6-8-17-13-10(14)4-2-5-11(13)15/h2,4-5,17H,3,6-9H2,1H3,(H,16,18). The summed E-state index contributed by atoms with van der Waals surface area (Å²) in [5.41, 5.74) is -0.199. The van der Waals surface area contributed by atoms with Gasteiger partial charge in [0.25, 0.3) is 0 Å². The van der Waals surface area contributed by atoms with Crippen molar-refractivity contribution in [3.8, 4) is 0 Å². The fourth-order valence-corrected chi connectivity index (χ4v) is 1.50. The number of carbonyl (C=O) groups is 1. The topological polar surface area (TPSA) is 50.4 Å². The highest BCUT2D eigenvalue weighted by Crippen LogP contribution is 2.17. The first-order valence-electron chi connectivity index (χ1n) is 6.08. The first-order valence-corrected chi connectivity index (χ1v) is 6.08. The third-order valence-corrected chi connectivity index (χ3v) is 2.46. The molecule has 0 atom stereocenters. The number of anilines is 1. The molecule has 1 aromatic carbocycles. The Balaban J connectivity index is 2.24. The van der Waals surface area contributed by atoms with Gasteiger partial charge in [-0.25, -0.2) is 8.78 Å². The van der Waals surface area contributed by atoms with Crippen LogP contribution < -0.4 is 10.6 Å². The molecule has 0 aromatic heterocycles. The number of hydrogen-bond acceptors (Lipinski definition) is 3. The highest BCUT2D eigenvalue weighted by Gasteiger charge is 2.08. The maximum atomic E-state index is 13.2. The number of benzene rings is 1. The lowest BCUT2D eigenvalue weighted by Gasteiger charge is -2.09. The lowest BCUT2D eigenvalue weighted by atomic mass is 10.2. The van der Waals surface area contributed by atoms with Gasteiger partial charge in [-0.05, 0) is 18.6 Å². The smallest absolute Gasteiger partial charge is 0.221 e. The first-order chi connectivity index (χ1) is 9.15. The summed E-state index contributed by atoms with van der Waals surface area (Å²) in [4.78, 5) is 11.4. The summed E-state index contributed by atoms with van der Waals surface area (Å²) in [6.07, 6.45) is 0.887. The minimum atomic E-state index is -0.666. The summed E-state index contributed by atoms with van der Waals surface area (Å²) in [6.45, 7) is 1.29. The van der Waals surface area contributed by atoms with Crippen LogP contribution in [0.25, 0.3) is 0 Å². The summed E-state index contributed by atoms with van der Waals surface area (Å²) < 4.78 is 31.3. The number of rotatable bonds is 8. The molecule has 4 nitrogen and oxygen atoms in total. The predicted octanol–water partition coefficient (Wildman–Crippen LogP) is 1.92. The quantitative estimate of drug-likeness (QED) is 0.711. The second-order valence-electron chi connectivity index (χ2n) is 3.97. The zero-order valence-corrected chi connectivity index (χ0v) is 10.8. The molecule has 0 spiro atoms. The van der Waals surface area contributed by atoms with Crippen LogP contribution in [0.3, 0.4) is 0 Å². The van der Waals surface area contributed by atoms with Crippen LogP contribution in [0.4, 0.5) is 14.5 Å². The van der Waals surface area contributed by atoms with Crippen LogP contribution in [0.15, 0.2) is 18.2 Å². The van der Waals surface area contributed by atoms with Gasteiger partial charge in [-0.2, -0.15) is 0 Å². The molecule has 6 heteroatoms. The Bertz CT molecular complexity index is 393. The van der Waals surface area contributed by atoms with Gasteiger partial charge in [0.2, 0.25) is 5.91 Å². The average molecular weight is 272 g/mol. The lowest BCUT2D eigenvalue weighted by molar-refractivity contribution is -0.120. The van der Waals surface area contributed by atoms with Crippen molar-refractivity contribution in [2.24, 2.45) is 0 Å². The molecule has 19 heavy (non-hydrogen) atoms. The Morgan fingerprint density at radius 2 is 1.95 bits per heavy atom. The summed E-state index contributed by atoms with van der Waals surface area (Å²) in [7, 11) is 1.59. The van der Waals surface area contributed by atoms with Crippen molar-refractivity contribution in [2.45, 2.75) is 12.8 Å². The van der Waals surface area contributed by atoms with E-state index >= 15 is 0 Å². The molecule has 0 saturated heterocycles. The van der Waals surface area contributed by atoms with Crippen LogP contribution in [0, 0.1) is 11.6 Å². The molecule has 0 aliphatic carbocycles. The van der Waals surface area contributed by atoms with E-state index in [9.17, 15) is 13.6 Å². The highest BCUT2D eigenvalue weighted by atomic mass is 19.1. The van der Waals surface area contributed by atoms with Gasteiger partial charge in [-0.3, -0.25) is 4.79 Å². The summed E-state index contributed by atoms with van der Waals surface area (Å²) in [6, 6.07) is 3.62. The van der Waals surface area contributed by atoms with E-state index in [0.717, 1.165) is 18.6 Å². The van der Waals surface area contributed by atoms with Gasteiger partial charge in [-0.1, -0.05) is 6.07 Å². The SMILES string of the molecule is COCCCNC(=O)CCNc1c(F)cccc1F. The van der Waals surface area contributed by atoms with Gasteiger partial charge in [0, 0.05) is 33.2 Å². The number of para-hydroxylation sites is 1. The van der Waals surface area contributed by atoms with E-state index in [4.69, 9.17) is 4.74 Å². The number of carbonyl (C=O) groups excluding carboxylic acids is 1. The van der Waals surface area contributed by atoms with Crippen LogP contribution in [0.1, 0.15) is 12.8 Å². The minimum absolute atomic E-state index is 0.154. The van der Waals surface area contributed by atoms with Gasteiger partial charge in [0.15, 0.2) is 0 Å². The largest absolute Gasteiger partial charge is 0.385 e. The van der Waals surface area contributed by atoms with E-state index in [1.807, 2.05) is 0 Å². The number of halogens is 2. The Kier molecular flexibility index (Phi) is 6.81. The fraction of sp³-hybridized carbons (Fsp3) is 0.462. The highest BCUT2D eigenvalue weighted by molar-refractivity contribution is 5.76. The molecular formula is C13H18F2N2O2. The van der Waals surface area contributed by atoms with Gasteiger partial charge >= 0.3 is 0 Å². The second-order valence-corrected chi connectivity index (χ2v) is 3.97. The van der Waals surface area contributed by atoms with Crippen molar-refractivity contribution in [3.63, 3.8) is 0 Å². The molecule has 0 unspecified atom stereocenters. The minimum Gasteiger partial charge on any atom is -0.385 e. The van der Waals surface area contributed by atoms with Crippen LogP contribution in [0.5, 0.6) is 0 Å². The monoisotopic (exact) mass is 272 g/mol. The van der Waals surface area contributed by atoms with E-state index < -0.39 is 11.6 Å². The molecule has 0 aliphatic rings. The van der Waals surface area contributed by atoms with Crippen LogP contribution in [0.2, 0.25) is 0 Å². The van der Waals surface area contributed by atoms with E-state index in [2.05, 4.69) is 10.6 Å². The molecule has 0 aliphatic heterocycles. The molecule has 1 aromatic rings. The average Bonchev–Trinajstić information content (AvgIpc) is 2.38. The Morgan fingerprint density at radius 3 is 2.58 bits per heavy atom. The zero-order valence-electron chi connectivity index (χ0n) is 10.8. The van der Waals surface area contributed by atoms with Crippen molar-refractivity contribution < 1.29 is 18.3 Å². The van der Waals surface area contributed by atoms with Crippen LogP contribution in [-0.2, 0) is 9.53 Å². The number of hydrogen-bond donors (Lipinski definition) is 2. The molecule has 0 saturated carbocycles. The Labute approximate surface area is 111 Å². The third kappa shape index (κ3) is 5.65. The Hall–Kier alpha value is -1.69. The molecule has 0 fully saturated rings. The molecule has 1 rings (SSSR count). The van der Waals surface area contributed by atoms with E-state index in [-0.39, 0.29) is 24.6 Å². The van der Waals surface area contributed by atoms with Crippen LogP contribution in [-0.4, -0.2) is 32.7 Å². The molecule has 1 amide bonds. The summed E-state index contributed by atoms with van der Waals surface area (Å²) in [5.74, 6) is -1.50. The number of nitrogens with one attached hydrogen (secondary N) is 2. The lowest BCUT2D eigenvalue weighted by Crippen LogP contribution is -2.27. The van der Waals surface area contributed by atoms with Crippen molar-refractivity contribution in [1.82, 2.24) is 5.32 Å². The van der Waals surface area contributed by atoms with Gasteiger partial charge in [0.05, 0.1) is 0 Å². The molecular weight excluding hydrogens is 254 g/mol. The summed E-state index contributed by atoms with van der Waals surface area (Å²) in [5, 5.41) is 5.26. The van der Waals surface area contributed by atoms with Gasteiger partial charge < -0.3 is 15.4 Å². The van der Waals surface area contributed by atoms with Gasteiger partial charge in [0.1, 0.15) is 17.3 Å². The van der Waals surface area contributed by atoms with Gasteiger partial charge in [-0.15, -0.1) is 0 Å². The molecule has 2 N–H and O–H groups in total. The molecule has 106 valence electrons. The molecule has 0 radical (unpaired) electrons. The van der Waals surface area contributed by atoms with Crippen molar-refractivity contribution in [2.75, 3.05) is 32.1 Å². The number of amides is 1. The van der Waals surface area contributed by atoms with Crippen molar-refractivity contribution >= 4 is 11.6 Å². The van der Waals surface area contributed by atoms with E-state index in [0.29, 0.717) is 13.2 Å². The van der Waals surface area contributed by atoms with Crippen molar-refractivity contribution in [1.29, 1.82) is 0 Å². The van der Waals surface area contributed by atoms with Crippen molar-refractivity contribution in [3.05, 3.63) is 29.8 Å². The fourth-order valence-electron chi connectivity index (χ4n) is 1.50. The molecule has 0 bridgehead atoms. The zero-order chi connectivity index (χ0) is 14.1. The number of ether oxygens (including phenoxy) is 1. The first kappa shape index (κ1) is 15.4. The number of methoxy groups -OCH3 is 1. The summed E-state index contributed by atoms with van der Waals surface area (Å²) >= 11 is 0. The Morgan fingerprint density at radius 1 is 1.26 bits per heavy atom. The maximum absolute atomic E-state index is 13.2. The third-order valence-electron chi connectivity index (χ3n) is 2.46.